The van der Waals surface area contributed by atoms with Crippen molar-refractivity contribution in [3.8, 4) is 11.6 Å². The van der Waals surface area contributed by atoms with Crippen LogP contribution in [0.2, 0.25) is 0 Å². The van der Waals surface area contributed by atoms with E-state index in [1.807, 2.05) is 11.9 Å². The Morgan fingerprint density at radius 1 is 1.15 bits per heavy atom. The number of aromatic nitrogens is 3. The number of nitrogens with one attached hydrogen (secondary N) is 1. The molecule has 3 heterocycles. The summed E-state index contributed by atoms with van der Waals surface area (Å²) in [5.41, 5.74) is 1.25. The molecule has 0 spiro atoms. The second-order valence-electron chi connectivity index (χ2n) is 9.13. The minimum atomic E-state index is -4.55. The first-order chi connectivity index (χ1) is 18.7. The summed E-state index contributed by atoms with van der Waals surface area (Å²) in [5, 5.41) is 6.86. The van der Waals surface area contributed by atoms with Crippen LogP contribution in [-0.2, 0) is 13.1 Å². The molecule has 0 atom stereocenters. The van der Waals surface area contributed by atoms with Gasteiger partial charge < -0.3 is 19.3 Å². The minimum Gasteiger partial charge on any atom is -0.345 e. The van der Waals surface area contributed by atoms with Gasteiger partial charge in [-0.3, -0.25) is 4.79 Å². The highest BCUT2D eigenvalue weighted by Crippen LogP contribution is 2.36. The largest absolute Gasteiger partial charge is 0.406 e. The molecule has 5 rings (SSSR count). The standard InChI is InChI=1S/C27H24F4N6O2/c1-36-12-10-19(28)21(11-13-36)33-20-8-5-9-22-18(20)14-23(37(22)16-27(29,30)31)26-34-24(35-39-26)15-32-25(38)17-6-3-2-4-7-17/h2-10,14H,11-13,15-16H2,1H3,(H,32,38)/b33-21+. The number of carbonyl (C=O) groups is 1. The molecule has 1 aliphatic heterocycles. The Kier molecular flexibility index (Phi) is 7.29. The van der Waals surface area contributed by atoms with Gasteiger partial charge in [0.2, 0.25) is 0 Å². The molecule has 0 saturated carbocycles. The maximum atomic E-state index is 14.7. The molecule has 1 amide bonds. The monoisotopic (exact) mass is 540 g/mol. The van der Waals surface area contributed by atoms with E-state index in [0.717, 1.165) is 4.57 Å². The molecule has 8 nitrogen and oxygen atoms in total. The number of amides is 1. The summed E-state index contributed by atoms with van der Waals surface area (Å²) >= 11 is 0. The van der Waals surface area contributed by atoms with Crippen molar-refractivity contribution in [2.75, 3.05) is 20.1 Å². The lowest BCUT2D eigenvalue weighted by Gasteiger charge is -2.12. The zero-order chi connectivity index (χ0) is 27.6. The molecule has 12 heteroatoms. The van der Waals surface area contributed by atoms with Crippen LogP contribution in [-0.4, -0.2) is 57.5 Å². The molecular formula is C27H24F4N6O2. The highest BCUT2D eigenvalue weighted by atomic mass is 19.4. The molecule has 0 aliphatic carbocycles. The molecule has 4 aromatic rings. The van der Waals surface area contributed by atoms with Crippen molar-refractivity contribution in [2.45, 2.75) is 25.7 Å². The van der Waals surface area contributed by atoms with Gasteiger partial charge in [-0.25, -0.2) is 9.38 Å². The van der Waals surface area contributed by atoms with E-state index in [2.05, 4.69) is 20.4 Å². The summed E-state index contributed by atoms with van der Waals surface area (Å²) in [6.45, 7) is -0.375. The third-order valence-electron chi connectivity index (χ3n) is 6.23. The van der Waals surface area contributed by atoms with Gasteiger partial charge in [0.1, 0.15) is 18.1 Å². The summed E-state index contributed by atoms with van der Waals surface area (Å²) in [4.78, 5) is 23.0. The van der Waals surface area contributed by atoms with Crippen molar-refractivity contribution < 1.29 is 26.9 Å². The van der Waals surface area contributed by atoms with Crippen molar-refractivity contribution >= 4 is 28.2 Å². The van der Waals surface area contributed by atoms with Crippen molar-refractivity contribution in [3.05, 3.63) is 77.9 Å². The molecule has 0 fully saturated rings. The Balaban J connectivity index is 1.49. The van der Waals surface area contributed by atoms with Crippen LogP contribution in [0.15, 0.2) is 76.0 Å². The molecule has 0 unspecified atom stereocenters. The molecule has 0 saturated heterocycles. The predicted octanol–water partition coefficient (Wildman–Crippen LogP) is 5.45. The van der Waals surface area contributed by atoms with Crippen LogP contribution in [0, 0.1) is 0 Å². The lowest BCUT2D eigenvalue weighted by atomic mass is 10.2. The number of aliphatic imine (C=N–C) groups is 1. The lowest BCUT2D eigenvalue weighted by Crippen LogP contribution is -2.23. The number of hydrogen-bond donors (Lipinski definition) is 1. The summed E-state index contributed by atoms with van der Waals surface area (Å²) in [7, 11) is 1.86. The van der Waals surface area contributed by atoms with E-state index in [-0.39, 0.29) is 41.1 Å². The lowest BCUT2D eigenvalue weighted by molar-refractivity contribution is -0.139. The van der Waals surface area contributed by atoms with Crippen LogP contribution in [0.3, 0.4) is 0 Å². The maximum Gasteiger partial charge on any atom is 0.406 e. The molecular weight excluding hydrogens is 516 g/mol. The van der Waals surface area contributed by atoms with Gasteiger partial charge >= 0.3 is 6.18 Å². The van der Waals surface area contributed by atoms with Gasteiger partial charge in [-0.15, -0.1) is 0 Å². The van der Waals surface area contributed by atoms with Crippen molar-refractivity contribution in [1.29, 1.82) is 0 Å². The van der Waals surface area contributed by atoms with E-state index < -0.39 is 18.5 Å². The fourth-order valence-corrected chi connectivity index (χ4v) is 4.29. The highest BCUT2D eigenvalue weighted by Gasteiger charge is 2.31. The smallest absolute Gasteiger partial charge is 0.345 e. The molecule has 202 valence electrons. The SMILES string of the molecule is CN1CC=C(F)/C(=N/c2cccc3c2cc(-c2nc(CNC(=O)c4ccccc4)no2)n3CC(F)(F)F)CC1. The fraction of sp³-hybridized carbons (Fsp3) is 0.259. The van der Waals surface area contributed by atoms with Crippen LogP contribution >= 0.6 is 0 Å². The average Bonchev–Trinajstić information content (AvgIpc) is 3.49. The highest BCUT2D eigenvalue weighted by molar-refractivity contribution is 6.03. The molecule has 1 N–H and O–H groups in total. The Morgan fingerprint density at radius 3 is 2.72 bits per heavy atom. The fourth-order valence-electron chi connectivity index (χ4n) is 4.29. The van der Waals surface area contributed by atoms with Gasteiger partial charge in [0.25, 0.3) is 11.8 Å². The number of benzene rings is 2. The van der Waals surface area contributed by atoms with Gasteiger partial charge in [-0.1, -0.05) is 29.4 Å². The number of alkyl halides is 3. The van der Waals surface area contributed by atoms with Crippen molar-refractivity contribution in [2.24, 2.45) is 4.99 Å². The van der Waals surface area contributed by atoms with E-state index in [1.54, 1.807) is 42.5 Å². The van der Waals surface area contributed by atoms with Gasteiger partial charge in [-0.2, -0.15) is 18.2 Å². The molecule has 39 heavy (non-hydrogen) atoms. The van der Waals surface area contributed by atoms with E-state index in [9.17, 15) is 22.4 Å². The topological polar surface area (TPSA) is 88.6 Å². The maximum absolute atomic E-state index is 14.7. The van der Waals surface area contributed by atoms with Crippen LogP contribution in [0.5, 0.6) is 0 Å². The Labute approximate surface area is 220 Å². The van der Waals surface area contributed by atoms with Crippen LogP contribution in [0.1, 0.15) is 22.6 Å². The zero-order valence-corrected chi connectivity index (χ0v) is 20.9. The number of fused-ring (bicyclic) bond motifs is 1. The quantitative estimate of drug-likeness (QED) is 0.329. The Morgan fingerprint density at radius 2 is 1.95 bits per heavy atom. The number of carbonyl (C=O) groups excluding carboxylic acids is 1. The normalized spacial score (nSPS) is 15.9. The number of rotatable bonds is 6. The molecule has 2 aromatic carbocycles. The summed E-state index contributed by atoms with van der Waals surface area (Å²) in [6, 6.07) is 14.7. The van der Waals surface area contributed by atoms with Gasteiger partial charge in [-0.05, 0) is 43.5 Å². The minimum absolute atomic E-state index is 0.0275. The van der Waals surface area contributed by atoms with Crippen molar-refractivity contribution in [1.82, 2.24) is 24.9 Å². The average molecular weight is 541 g/mol. The Bertz CT molecular complexity index is 1560. The van der Waals surface area contributed by atoms with Crippen LogP contribution in [0.25, 0.3) is 22.5 Å². The van der Waals surface area contributed by atoms with Crippen molar-refractivity contribution in [3.63, 3.8) is 0 Å². The molecule has 2 aromatic heterocycles. The van der Waals surface area contributed by atoms with Gasteiger partial charge in [0.05, 0.1) is 23.5 Å². The summed E-state index contributed by atoms with van der Waals surface area (Å²) in [5.74, 6) is -0.873. The molecule has 0 radical (unpaired) electrons. The first kappa shape index (κ1) is 26.3. The van der Waals surface area contributed by atoms with Crippen LogP contribution < -0.4 is 5.32 Å². The second-order valence-corrected chi connectivity index (χ2v) is 9.13. The third kappa shape index (κ3) is 6.06. The zero-order valence-electron chi connectivity index (χ0n) is 20.9. The van der Waals surface area contributed by atoms with E-state index in [1.165, 1.54) is 18.2 Å². The molecule has 0 bridgehead atoms. The first-order valence-corrected chi connectivity index (χ1v) is 12.2. The number of nitrogens with zero attached hydrogens (tertiary/aromatic N) is 5. The number of likely N-dealkylation sites (N-methyl/N-ethyl adjacent to an activating group) is 1. The van der Waals surface area contributed by atoms with E-state index in [0.29, 0.717) is 36.1 Å². The van der Waals surface area contributed by atoms with Crippen LogP contribution in [0.4, 0.5) is 23.2 Å². The van der Waals surface area contributed by atoms with Gasteiger partial charge in [0.15, 0.2) is 5.82 Å². The predicted molar refractivity (Wildman–Crippen MR) is 137 cm³/mol. The molecule has 1 aliphatic rings. The summed E-state index contributed by atoms with van der Waals surface area (Å²) < 4.78 is 61.8. The number of hydrogen-bond acceptors (Lipinski definition) is 6. The van der Waals surface area contributed by atoms with Gasteiger partial charge in [0, 0.05) is 30.5 Å². The number of halogens is 4. The second kappa shape index (κ2) is 10.8. The first-order valence-electron chi connectivity index (χ1n) is 12.2. The van der Waals surface area contributed by atoms with E-state index in [4.69, 9.17) is 4.52 Å². The van der Waals surface area contributed by atoms with E-state index >= 15 is 0 Å². The number of allylic oxidation sites excluding steroid dienone is 1. The Hall–Kier alpha value is -4.32. The summed E-state index contributed by atoms with van der Waals surface area (Å²) in [6.07, 6.45) is -2.76. The third-order valence-corrected chi connectivity index (χ3v) is 6.23.